The van der Waals surface area contributed by atoms with Crippen molar-refractivity contribution in [1.82, 2.24) is 0 Å². The van der Waals surface area contributed by atoms with E-state index in [-0.39, 0.29) is 6.54 Å². The molecular weight excluding hydrogens is 174 g/mol. The van der Waals surface area contributed by atoms with Crippen LogP contribution in [0.15, 0.2) is 0 Å². The van der Waals surface area contributed by atoms with E-state index in [4.69, 9.17) is 5.11 Å². The Morgan fingerprint density at radius 2 is 2.00 bits per heavy atom. The maximum absolute atomic E-state index is 11.2. The lowest BCUT2D eigenvalue weighted by Gasteiger charge is -2.28. The highest BCUT2D eigenvalue weighted by Gasteiger charge is 2.55. The molecule has 1 fully saturated rings. The predicted octanol–water partition coefficient (Wildman–Crippen LogP) is 0.181. The summed E-state index contributed by atoms with van der Waals surface area (Å²) in [7, 11) is 0. The summed E-state index contributed by atoms with van der Waals surface area (Å²) in [6.07, 6.45) is -1.50. The molecule has 1 saturated heterocycles. The molecule has 74 valence electrons. The van der Waals surface area contributed by atoms with Crippen LogP contribution in [-0.4, -0.2) is 45.4 Å². The molecule has 13 heavy (non-hydrogen) atoms. The van der Waals surface area contributed by atoms with E-state index in [1.54, 1.807) is 6.92 Å². The number of amides is 2. The van der Waals surface area contributed by atoms with Crippen molar-refractivity contribution in [3.63, 3.8) is 0 Å². The van der Waals surface area contributed by atoms with Gasteiger partial charge in [-0.25, -0.2) is 4.79 Å². The van der Waals surface area contributed by atoms with Crippen molar-refractivity contribution < 1.29 is 24.3 Å². The number of hydrogen-bond donors (Lipinski definition) is 2. The zero-order valence-electron chi connectivity index (χ0n) is 7.73. The molecular formula is C8H14NO4+. The van der Waals surface area contributed by atoms with Gasteiger partial charge in [0.05, 0.1) is 13.5 Å². The number of imide groups is 1. The lowest BCUT2D eigenvalue weighted by atomic mass is 10.2. The van der Waals surface area contributed by atoms with Gasteiger partial charge >= 0.3 is 12.0 Å². The summed E-state index contributed by atoms with van der Waals surface area (Å²) in [5.74, 6) is -0.420. The Balaban J connectivity index is 3.06. The van der Waals surface area contributed by atoms with Crippen molar-refractivity contribution in [2.24, 2.45) is 0 Å². The van der Waals surface area contributed by atoms with Crippen LogP contribution in [0.25, 0.3) is 0 Å². The molecule has 2 N–H and O–H groups in total. The Labute approximate surface area is 76.2 Å². The Morgan fingerprint density at radius 3 is 2.15 bits per heavy atom. The summed E-state index contributed by atoms with van der Waals surface area (Å²) in [6.45, 7) is 3.03. The summed E-state index contributed by atoms with van der Waals surface area (Å²) < 4.78 is -0.638. The second-order valence-electron chi connectivity index (χ2n) is 3.49. The predicted molar refractivity (Wildman–Crippen MR) is 43.9 cm³/mol. The topological polar surface area (TPSA) is 74.6 Å². The van der Waals surface area contributed by atoms with Gasteiger partial charge in [0.1, 0.15) is 12.1 Å². The van der Waals surface area contributed by atoms with Crippen molar-refractivity contribution in [2.75, 3.05) is 6.54 Å². The highest BCUT2D eigenvalue weighted by Crippen LogP contribution is 2.27. The SMILES string of the molecule is CC(=O)[N+]1(C(=O)O)CCC(O)[C@H]1C. The summed E-state index contributed by atoms with van der Waals surface area (Å²) in [5.41, 5.74) is 0. The highest BCUT2D eigenvalue weighted by atomic mass is 16.4. The van der Waals surface area contributed by atoms with Gasteiger partial charge in [-0.3, -0.25) is 0 Å². The minimum Gasteiger partial charge on any atom is -0.435 e. The zero-order valence-corrected chi connectivity index (χ0v) is 7.73. The number of aliphatic hydroxyl groups is 1. The standard InChI is InChI=1S/C8H13NO4/c1-5-7(11)3-4-9(5,6(2)10)8(12)13/h5,7,11H,3-4H2,1-2H3/p+1/t5-,7?,9?/m1/s1. The number of carbonyl (C=O) groups is 2. The largest absolute Gasteiger partial charge is 0.521 e. The van der Waals surface area contributed by atoms with Crippen LogP contribution in [0, 0.1) is 0 Å². The lowest BCUT2D eigenvalue weighted by Crippen LogP contribution is -2.59. The molecule has 1 aliphatic heterocycles. The summed E-state index contributed by atoms with van der Waals surface area (Å²) in [6, 6.07) is -0.546. The minimum absolute atomic E-state index is 0.188. The smallest absolute Gasteiger partial charge is 0.435 e. The first kappa shape index (κ1) is 10.1. The maximum atomic E-state index is 11.2. The molecule has 2 unspecified atom stereocenters. The number of likely N-dealkylation sites (tertiary alicyclic amines) is 1. The second kappa shape index (κ2) is 3.08. The average molecular weight is 188 g/mol. The Bertz CT molecular complexity index is 237. The van der Waals surface area contributed by atoms with Crippen LogP contribution in [0.5, 0.6) is 0 Å². The molecule has 0 radical (unpaired) electrons. The third-order valence-corrected chi connectivity index (χ3v) is 2.93. The van der Waals surface area contributed by atoms with E-state index < -0.39 is 28.6 Å². The number of rotatable bonds is 0. The van der Waals surface area contributed by atoms with Crippen LogP contribution in [0.1, 0.15) is 20.3 Å². The second-order valence-corrected chi connectivity index (χ2v) is 3.49. The van der Waals surface area contributed by atoms with Gasteiger partial charge in [0.2, 0.25) is 0 Å². The van der Waals surface area contributed by atoms with E-state index in [9.17, 15) is 14.7 Å². The summed E-state index contributed by atoms with van der Waals surface area (Å²) in [4.78, 5) is 22.2. The fraction of sp³-hybridized carbons (Fsp3) is 0.750. The Kier molecular flexibility index (Phi) is 2.40. The molecule has 0 spiro atoms. The zero-order chi connectivity index (χ0) is 10.2. The molecule has 0 aromatic carbocycles. The molecule has 0 saturated carbocycles. The first-order valence-corrected chi connectivity index (χ1v) is 4.23. The normalized spacial score (nSPS) is 39.0. The molecule has 5 heteroatoms. The van der Waals surface area contributed by atoms with Gasteiger partial charge in [0, 0.05) is 6.42 Å². The Morgan fingerprint density at radius 1 is 1.46 bits per heavy atom. The number of aliphatic hydroxyl groups excluding tert-OH is 1. The molecule has 1 rings (SSSR count). The number of hydrogen-bond acceptors (Lipinski definition) is 3. The van der Waals surface area contributed by atoms with Crippen LogP contribution in [0.4, 0.5) is 4.79 Å². The number of quaternary nitrogens is 1. The fourth-order valence-corrected chi connectivity index (χ4v) is 1.92. The number of carbonyl (C=O) groups excluding carboxylic acids is 1. The van der Waals surface area contributed by atoms with Crippen LogP contribution in [-0.2, 0) is 4.79 Å². The third kappa shape index (κ3) is 1.24. The van der Waals surface area contributed by atoms with E-state index in [2.05, 4.69) is 0 Å². The van der Waals surface area contributed by atoms with Crippen molar-refractivity contribution in [3.8, 4) is 0 Å². The molecule has 0 bridgehead atoms. The van der Waals surface area contributed by atoms with Crippen LogP contribution >= 0.6 is 0 Å². The number of nitrogens with zero attached hydrogens (tertiary/aromatic N) is 1. The van der Waals surface area contributed by atoms with Crippen LogP contribution in [0.3, 0.4) is 0 Å². The van der Waals surface area contributed by atoms with Gasteiger partial charge < -0.3 is 10.2 Å². The monoisotopic (exact) mass is 188 g/mol. The van der Waals surface area contributed by atoms with E-state index in [0.29, 0.717) is 6.42 Å². The molecule has 3 atom stereocenters. The van der Waals surface area contributed by atoms with Gasteiger partial charge in [0.15, 0.2) is 0 Å². The first-order valence-electron chi connectivity index (χ1n) is 4.23. The fourth-order valence-electron chi connectivity index (χ4n) is 1.92. The summed E-state index contributed by atoms with van der Waals surface area (Å²) in [5, 5.41) is 18.4. The maximum Gasteiger partial charge on any atom is 0.521 e. The van der Waals surface area contributed by atoms with Crippen LogP contribution < -0.4 is 0 Å². The van der Waals surface area contributed by atoms with Gasteiger partial charge in [-0.05, 0) is 6.92 Å². The molecule has 1 aliphatic rings. The third-order valence-electron chi connectivity index (χ3n) is 2.93. The number of carboxylic acid groups (broad SMARTS) is 1. The van der Waals surface area contributed by atoms with Gasteiger partial charge in [0.25, 0.3) is 0 Å². The first-order chi connectivity index (χ1) is 5.93. The van der Waals surface area contributed by atoms with Gasteiger partial charge in [-0.15, -0.1) is 0 Å². The van der Waals surface area contributed by atoms with Crippen molar-refractivity contribution in [3.05, 3.63) is 0 Å². The van der Waals surface area contributed by atoms with E-state index in [0.717, 1.165) is 0 Å². The molecule has 0 aromatic heterocycles. The van der Waals surface area contributed by atoms with Crippen molar-refractivity contribution in [1.29, 1.82) is 0 Å². The molecule has 1 heterocycles. The average Bonchev–Trinajstić information content (AvgIpc) is 2.30. The van der Waals surface area contributed by atoms with Gasteiger partial charge in [-0.2, -0.15) is 9.28 Å². The lowest BCUT2D eigenvalue weighted by molar-refractivity contribution is -0.793. The summed E-state index contributed by atoms with van der Waals surface area (Å²) >= 11 is 0. The molecule has 5 nitrogen and oxygen atoms in total. The quantitative estimate of drug-likeness (QED) is 0.532. The van der Waals surface area contributed by atoms with Gasteiger partial charge in [-0.1, -0.05) is 0 Å². The Hall–Kier alpha value is -0.940. The minimum atomic E-state index is -1.17. The van der Waals surface area contributed by atoms with E-state index in [1.807, 2.05) is 0 Å². The molecule has 0 aromatic rings. The van der Waals surface area contributed by atoms with E-state index >= 15 is 0 Å². The van der Waals surface area contributed by atoms with Crippen molar-refractivity contribution in [2.45, 2.75) is 32.4 Å². The molecule has 0 aliphatic carbocycles. The van der Waals surface area contributed by atoms with E-state index in [1.165, 1.54) is 6.92 Å². The molecule has 2 amide bonds. The van der Waals surface area contributed by atoms with Crippen molar-refractivity contribution >= 4 is 12.0 Å². The van der Waals surface area contributed by atoms with Crippen LogP contribution in [0.2, 0.25) is 0 Å². The highest BCUT2D eigenvalue weighted by molar-refractivity contribution is 5.79.